The van der Waals surface area contributed by atoms with Gasteiger partial charge in [-0.3, -0.25) is 0 Å². The summed E-state index contributed by atoms with van der Waals surface area (Å²) in [6.07, 6.45) is 1.23. The van der Waals surface area contributed by atoms with Crippen LogP contribution >= 0.6 is 0 Å². The molecule has 8 aromatic rings. The number of benzene rings is 5. The van der Waals surface area contributed by atoms with E-state index >= 15 is 0 Å². The number of nitrogens with zero attached hydrogens (tertiary/aromatic N) is 2. The molecule has 0 atom stereocenters. The molecule has 0 unspecified atom stereocenters. The summed E-state index contributed by atoms with van der Waals surface area (Å²) in [6, 6.07) is 37.3. The number of aromatic nitrogens is 2. The average molecular weight is 918 g/mol. The van der Waals surface area contributed by atoms with Crippen molar-refractivity contribution in [1.29, 1.82) is 0 Å². The summed E-state index contributed by atoms with van der Waals surface area (Å²) < 4.78 is 49.1. The molecule has 1 radical (unpaired) electrons. The molecule has 3 aromatic heterocycles. The first-order valence-electron chi connectivity index (χ1n) is 21.7. The molecular formula is C52H52IrN2O-2. The van der Waals surface area contributed by atoms with Crippen molar-refractivity contribution in [3.63, 3.8) is 0 Å². The Morgan fingerprint density at radius 2 is 1.50 bits per heavy atom. The summed E-state index contributed by atoms with van der Waals surface area (Å²) in [5, 5.41) is 6.68. The van der Waals surface area contributed by atoms with E-state index in [4.69, 9.17) is 11.3 Å². The summed E-state index contributed by atoms with van der Waals surface area (Å²) in [7, 11) is 0. The Morgan fingerprint density at radius 1 is 0.714 bits per heavy atom. The fourth-order valence-electron chi connectivity index (χ4n) is 8.06. The number of furan rings is 1. The standard InChI is InChI=1S/C37H36NO.C15H16N.Ir/c1-21-20-38-30(17-23(21)19-35(2,3)4)25-13-10-12-24-27-18-29-32-26(34(27)39-33(24)25)16-15-22-11-9-14-28(31(22)32)36(5,6)37(29,7)8;1-15(2,3)13-9-10-16-14(11-13)12-7-5-4-6-8-12;/h9-12,14-18,20H,19H2,1-8H3;4-7,9-11H,1-3H3;/q2*-1;/i1D3,19D2;;. The Hall–Kier alpha value is -4.63. The van der Waals surface area contributed by atoms with E-state index in [-0.39, 0.29) is 47.5 Å². The second kappa shape index (κ2) is 14.1. The van der Waals surface area contributed by atoms with E-state index in [1.165, 1.54) is 39.0 Å². The maximum Gasteiger partial charge on any atom is 0.128 e. The first-order chi connectivity index (χ1) is 27.9. The number of aryl methyl sites for hydroxylation is 1. The Kier molecular flexibility index (Phi) is 8.43. The summed E-state index contributed by atoms with van der Waals surface area (Å²) >= 11 is 0. The van der Waals surface area contributed by atoms with Crippen molar-refractivity contribution < 1.29 is 31.4 Å². The molecule has 0 N–H and O–H groups in total. The zero-order chi connectivity index (χ0) is 43.4. The van der Waals surface area contributed by atoms with Crippen molar-refractivity contribution in [1.82, 2.24) is 9.97 Å². The molecule has 4 heteroatoms. The molecule has 1 aliphatic carbocycles. The molecule has 0 saturated heterocycles. The predicted octanol–water partition coefficient (Wildman–Crippen LogP) is 14.1. The fourth-order valence-corrected chi connectivity index (χ4v) is 8.06. The number of hydrogen-bond donors (Lipinski definition) is 0. The third kappa shape index (κ3) is 6.69. The normalized spacial score (nSPS) is 16.4. The SMILES string of the molecule is CC(C)(C)c1ccnc(-c2[c-]cccc2)c1.[2H]C([2H])([2H])c1cnc(-c2[c-]ccc3c2oc2c3cc3c4c2ccc2cccc(c24)C(C)(C)C3(C)C)cc1C([2H])([2H])C(C)(C)C.[Ir]. The molecule has 9 rings (SSSR count). The fraction of sp³-hybridized carbons (Fsp3) is 0.308. The van der Waals surface area contributed by atoms with Gasteiger partial charge in [0.25, 0.3) is 0 Å². The number of rotatable bonds is 3. The van der Waals surface area contributed by atoms with Gasteiger partial charge in [0.05, 0.1) is 5.58 Å². The number of pyridine rings is 2. The second-order valence-corrected chi connectivity index (χ2v) is 18.1. The van der Waals surface area contributed by atoms with E-state index < -0.39 is 18.6 Å². The molecule has 0 bridgehead atoms. The molecule has 56 heavy (non-hydrogen) atoms. The average Bonchev–Trinajstić information content (AvgIpc) is 3.58. The van der Waals surface area contributed by atoms with Crippen molar-refractivity contribution >= 4 is 43.5 Å². The van der Waals surface area contributed by atoms with Crippen LogP contribution in [0.5, 0.6) is 0 Å². The van der Waals surface area contributed by atoms with E-state index in [1.807, 2.05) is 42.6 Å². The molecule has 5 aromatic carbocycles. The number of hydrogen-bond acceptors (Lipinski definition) is 3. The quantitative estimate of drug-likeness (QED) is 0.131. The Balaban J connectivity index is 0.000000278. The van der Waals surface area contributed by atoms with Crippen LogP contribution in [0, 0.1) is 24.4 Å². The summed E-state index contributed by atoms with van der Waals surface area (Å²) in [5.41, 5.74) is 7.39. The van der Waals surface area contributed by atoms with Crippen LogP contribution in [0.25, 0.3) is 66.0 Å². The third-order valence-corrected chi connectivity index (χ3v) is 11.7. The number of fused-ring (bicyclic) bond motifs is 4. The van der Waals surface area contributed by atoms with Crippen LogP contribution in [0.1, 0.15) is 104 Å². The molecule has 0 fully saturated rings. The monoisotopic (exact) mass is 918 g/mol. The van der Waals surface area contributed by atoms with Crippen LogP contribution in [-0.2, 0) is 42.7 Å². The van der Waals surface area contributed by atoms with Crippen LogP contribution in [0.15, 0.2) is 108 Å². The Morgan fingerprint density at radius 3 is 2.21 bits per heavy atom. The van der Waals surface area contributed by atoms with E-state index in [9.17, 15) is 0 Å². The van der Waals surface area contributed by atoms with E-state index in [0.717, 1.165) is 33.0 Å². The van der Waals surface area contributed by atoms with E-state index in [2.05, 4.69) is 119 Å². The minimum absolute atomic E-state index is 0. The van der Waals surface area contributed by atoms with Gasteiger partial charge >= 0.3 is 0 Å². The van der Waals surface area contributed by atoms with Gasteiger partial charge in [0, 0.05) is 50.1 Å². The van der Waals surface area contributed by atoms with Gasteiger partial charge in [-0.25, -0.2) is 0 Å². The van der Waals surface area contributed by atoms with E-state index in [1.54, 1.807) is 26.8 Å². The van der Waals surface area contributed by atoms with Crippen LogP contribution < -0.4 is 0 Å². The van der Waals surface area contributed by atoms with Crippen LogP contribution in [0.4, 0.5) is 0 Å². The molecule has 1 aliphatic rings. The minimum Gasteiger partial charge on any atom is -0.500 e. The largest absolute Gasteiger partial charge is 0.500 e. The smallest absolute Gasteiger partial charge is 0.128 e. The topological polar surface area (TPSA) is 38.9 Å². The summed E-state index contributed by atoms with van der Waals surface area (Å²) in [5.74, 6) is 0. The van der Waals surface area contributed by atoms with Gasteiger partial charge in [0.1, 0.15) is 5.58 Å². The molecule has 287 valence electrons. The van der Waals surface area contributed by atoms with Crippen LogP contribution in [-0.4, -0.2) is 9.97 Å². The maximum atomic E-state index is 8.98. The maximum absolute atomic E-state index is 8.98. The first-order valence-corrected chi connectivity index (χ1v) is 19.2. The Bertz CT molecular complexity index is 2970. The Labute approximate surface area is 353 Å². The van der Waals surface area contributed by atoms with Gasteiger partial charge in [-0.15, -0.1) is 54.1 Å². The zero-order valence-electron chi connectivity index (χ0n) is 39.0. The summed E-state index contributed by atoms with van der Waals surface area (Å²) in [6.45, 7) is 18.7. The van der Waals surface area contributed by atoms with Gasteiger partial charge in [-0.1, -0.05) is 128 Å². The van der Waals surface area contributed by atoms with Crippen molar-refractivity contribution in [3.05, 3.63) is 143 Å². The van der Waals surface area contributed by atoms with Crippen molar-refractivity contribution in [2.75, 3.05) is 0 Å². The second-order valence-electron chi connectivity index (χ2n) is 18.1. The molecule has 0 aliphatic heterocycles. The predicted molar refractivity (Wildman–Crippen MR) is 232 cm³/mol. The van der Waals surface area contributed by atoms with Gasteiger partial charge in [-0.05, 0) is 96.8 Å². The van der Waals surface area contributed by atoms with Crippen molar-refractivity contribution in [2.24, 2.45) is 5.41 Å². The molecule has 0 spiro atoms. The minimum atomic E-state index is -2.52. The summed E-state index contributed by atoms with van der Waals surface area (Å²) in [4.78, 5) is 8.95. The molecule has 0 saturated carbocycles. The van der Waals surface area contributed by atoms with Crippen molar-refractivity contribution in [2.45, 2.75) is 98.7 Å². The zero-order valence-corrected chi connectivity index (χ0v) is 36.3. The van der Waals surface area contributed by atoms with Gasteiger partial charge in [0.15, 0.2) is 0 Å². The molecular weight excluding hydrogens is 861 g/mol. The molecule has 0 amide bonds. The third-order valence-electron chi connectivity index (χ3n) is 11.7. The van der Waals surface area contributed by atoms with Gasteiger partial charge in [-0.2, -0.15) is 0 Å². The first kappa shape index (κ1) is 33.5. The van der Waals surface area contributed by atoms with Gasteiger partial charge < -0.3 is 14.4 Å². The molecule has 3 nitrogen and oxygen atoms in total. The van der Waals surface area contributed by atoms with Crippen LogP contribution in [0.3, 0.4) is 0 Å². The van der Waals surface area contributed by atoms with Gasteiger partial charge in [0.2, 0.25) is 0 Å². The molecule has 3 heterocycles. The van der Waals surface area contributed by atoms with Crippen molar-refractivity contribution in [3.8, 4) is 22.5 Å². The van der Waals surface area contributed by atoms with E-state index in [0.29, 0.717) is 16.8 Å². The van der Waals surface area contributed by atoms with Crippen LogP contribution in [0.2, 0.25) is 0 Å².